The molecule has 1 aromatic heterocycles. The fourth-order valence-electron chi connectivity index (χ4n) is 1.95. The monoisotopic (exact) mass is 286 g/mol. The lowest BCUT2D eigenvalue weighted by Gasteiger charge is -2.08. The second kappa shape index (κ2) is 6.35. The van der Waals surface area contributed by atoms with Crippen LogP contribution in [0.4, 0.5) is 0 Å². The fraction of sp³-hybridized carbons (Fsp3) is 0.312. The van der Waals surface area contributed by atoms with Gasteiger partial charge in [-0.2, -0.15) is 5.10 Å². The Labute approximate surface area is 123 Å². The second-order valence-electron chi connectivity index (χ2n) is 4.82. The van der Waals surface area contributed by atoms with Crippen molar-refractivity contribution < 1.29 is 9.53 Å². The third kappa shape index (κ3) is 3.56. The van der Waals surface area contributed by atoms with Crippen LogP contribution in [0.15, 0.2) is 35.1 Å². The van der Waals surface area contributed by atoms with Crippen molar-refractivity contribution in [3.63, 3.8) is 0 Å². The average Bonchev–Trinajstić information content (AvgIpc) is 2.44. The van der Waals surface area contributed by atoms with Gasteiger partial charge in [0, 0.05) is 11.6 Å². The lowest BCUT2D eigenvalue weighted by Crippen LogP contribution is -2.27. The number of carbonyl (C=O) groups is 1. The van der Waals surface area contributed by atoms with E-state index >= 15 is 0 Å². The Bertz CT molecular complexity index is 720. The molecule has 0 atom stereocenters. The topological polar surface area (TPSA) is 61.2 Å². The van der Waals surface area contributed by atoms with Crippen LogP contribution >= 0.6 is 0 Å². The van der Waals surface area contributed by atoms with Gasteiger partial charge >= 0.3 is 5.97 Å². The van der Waals surface area contributed by atoms with Gasteiger partial charge in [-0.15, -0.1) is 0 Å². The Morgan fingerprint density at radius 1 is 1.19 bits per heavy atom. The van der Waals surface area contributed by atoms with Gasteiger partial charge in [0.1, 0.15) is 6.54 Å². The number of rotatable bonds is 4. The molecule has 2 aromatic rings. The number of nitrogens with zero attached hydrogens (tertiary/aromatic N) is 2. The molecule has 21 heavy (non-hydrogen) atoms. The number of aryl methyl sites for hydroxylation is 2. The molecule has 0 fully saturated rings. The summed E-state index contributed by atoms with van der Waals surface area (Å²) in [6.45, 7) is 5.89. The van der Waals surface area contributed by atoms with Crippen molar-refractivity contribution in [1.82, 2.24) is 9.78 Å². The summed E-state index contributed by atoms with van der Waals surface area (Å²) in [7, 11) is 0. The zero-order valence-electron chi connectivity index (χ0n) is 12.4. The zero-order chi connectivity index (χ0) is 15.4. The Balaban J connectivity index is 2.35. The van der Waals surface area contributed by atoms with Crippen molar-refractivity contribution in [3.05, 3.63) is 51.8 Å². The Kier molecular flexibility index (Phi) is 4.52. The summed E-state index contributed by atoms with van der Waals surface area (Å²) in [5, 5.41) is 4.24. The summed E-state index contributed by atoms with van der Waals surface area (Å²) >= 11 is 0. The van der Waals surface area contributed by atoms with E-state index in [2.05, 4.69) is 5.10 Å². The summed E-state index contributed by atoms with van der Waals surface area (Å²) in [4.78, 5) is 23.2. The van der Waals surface area contributed by atoms with Crippen LogP contribution in [0, 0.1) is 13.8 Å². The molecule has 0 bridgehead atoms. The highest BCUT2D eigenvalue weighted by molar-refractivity contribution is 5.69. The molecule has 1 aromatic carbocycles. The van der Waals surface area contributed by atoms with E-state index in [0.717, 1.165) is 15.8 Å². The molecule has 0 aliphatic heterocycles. The molecule has 110 valence electrons. The minimum absolute atomic E-state index is 0.175. The van der Waals surface area contributed by atoms with Crippen LogP contribution in [0.3, 0.4) is 0 Å². The Morgan fingerprint density at radius 3 is 2.62 bits per heavy atom. The summed E-state index contributed by atoms with van der Waals surface area (Å²) in [5.41, 5.74) is 3.59. The fourth-order valence-corrected chi connectivity index (χ4v) is 1.95. The minimum atomic E-state index is -0.468. The van der Waals surface area contributed by atoms with Gasteiger partial charge in [0.2, 0.25) is 0 Å². The maximum absolute atomic E-state index is 11.8. The van der Waals surface area contributed by atoms with E-state index in [1.807, 2.05) is 32.0 Å². The van der Waals surface area contributed by atoms with Gasteiger partial charge in [0.25, 0.3) is 5.56 Å². The highest BCUT2D eigenvalue weighted by Crippen LogP contribution is 2.19. The first kappa shape index (κ1) is 15.0. The van der Waals surface area contributed by atoms with Crippen LogP contribution in [0.25, 0.3) is 11.3 Å². The number of hydrogen-bond donors (Lipinski definition) is 0. The predicted octanol–water partition coefficient (Wildman–Crippen LogP) is 2.09. The normalized spacial score (nSPS) is 10.4. The van der Waals surface area contributed by atoms with Gasteiger partial charge < -0.3 is 4.74 Å². The van der Waals surface area contributed by atoms with E-state index in [1.54, 1.807) is 13.0 Å². The van der Waals surface area contributed by atoms with Crippen LogP contribution in [0.5, 0.6) is 0 Å². The molecule has 0 saturated carbocycles. The zero-order valence-corrected chi connectivity index (χ0v) is 12.4. The predicted molar refractivity (Wildman–Crippen MR) is 80.0 cm³/mol. The molecular formula is C16H18N2O3. The molecule has 0 aliphatic carbocycles. The van der Waals surface area contributed by atoms with Gasteiger partial charge in [0.05, 0.1) is 12.3 Å². The first-order valence-corrected chi connectivity index (χ1v) is 6.82. The van der Waals surface area contributed by atoms with Crippen molar-refractivity contribution in [2.45, 2.75) is 27.3 Å². The van der Waals surface area contributed by atoms with Gasteiger partial charge in [-0.25, -0.2) is 4.68 Å². The number of ether oxygens (including phenoxy) is 1. The first-order chi connectivity index (χ1) is 10.0. The Morgan fingerprint density at radius 2 is 1.95 bits per heavy atom. The molecule has 5 heteroatoms. The molecule has 0 amide bonds. The maximum Gasteiger partial charge on any atom is 0.327 e. The summed E-state index contributed by atoms with van der Waals surface area (Å²) in [5.74, 6) is -0.468. The molecule has 0 saturated heterocycles. The molecule has 5 nitrogen and oxygen atoms in total. The van der Waals surface area contributed by atoms with Gasteiger partial charge in [-0.3, -0.25) is 9.59 Å². The van der Waals surface area contributed by atoms with Crippen LogP contribution in [0.2, 0.25) is 0 Å². The van der Waals surface area contributed by atoms with E-state index in [0.29, 0.717) is 5.69 Å². The highest BCUT2D eigenvalue weighted by atomic mass is 16.5. The van der Waals surface area contributed by atoms with E-state index < -0.39 is 5.97 Å². The number of carbonyl (C=O) groups excluding carboxylic acids is 1. The third-order valence-corrected chi connectivity index (χ3v) is 3.25. The second-order valence-corrected chi connectivity index (χ2v) is 4.82. The molecule has 2 rings (SSSR count). The number of aromatic nitrogens is 2. The summed E-state index contributed by atoms with van der Waals surface area (Å²) in [6, 6.07) is 9.04. The highest BCUT2D eigenvalue weighted by Gasteiger charge is 2.09. The minimum Gasteiger partial charge on any atom is -0.465 e. The van der Waals surface area contributed by atoms with E-state index in [-0.39, 0.29) is 18.7 Å². The molecule has 0 spiro atoms. The van der Waals surface area contributed by atoms with E-state index in [1.165, 1.54) is 11.6 Å². The van der Waals surface area contributed by atoms with Gasteiger partial charge in [0.15, 0.2) is 0 Å². The molecular weight excluding hydrogens is 268 g/mol. The lowest BCUT2D eigenvalue weighted by molar-refractivity contribution is -0.144. The standard InChI is InChI=1S/C16H18N2O3/c1-4-21-16(20)10-18-15(19)8-7-14(17-18)13-6-5-11(2)12(3)9-13/h5-9H,4,10H2,1-3H3. The number of esters is 1. The number of hydrogen-bond acceptors (Lipinski definition) is 4. The van der Waals surface area contributed by atoms with Crippen LogP contribution in [-0.4, -0.2) is 22.4 Å². The molecule has 0 unspecified atom stereocenters. The number of benzene rings is 1. The largest absolute Gasteiger partial charge is 0.465 e. The van der Waals surface area contributed by atoms with Gasteiger partial charge in [-0.05, 0) is 44.0 Å². The van der Waals surface area contributed by atoms with Crippen LogP contribution in [-0.2, 0) is 16.1 Å². The van der Waals surface area contributed by atoms with Crippen molar-refractivity contribution in [2.75, 3.05) is 6.61 Å². The first-order valence-electron chi connectivity index (χ1n) is 6.82. The molecule has 0 aliphatic rings. The van der Waals surface area contributed by atoms with E-state index in [4.69, 9.17) is 4.74 Å². The van der Waals surface area contributed by atoms with Crippen molar-refractivity contribution >= 4 is 5.97 Å². The SMILES string of the molecule is CCOC(=O)Cn1nc(-c2ccc(C)c(C)c2)ccc1=O. The molecule has 0 radical (unpaired) electrons. The van der Waals surface area contributed by atoms with Crippen LogP contribution in [0.1, 0.15) is 18.1 Å². The molecule has 1 heterocycles. The van der Waals surface area contributed by atoms with Gasteiger partial charge in [-0.1, -0.05) is 12.1 Å². The Hall–Kier alpha value is -2.43. The summed E-state index contributed by atoms with van der Waals surface area (Å²) in [6.07, 6.45) is 0. The quantitative estimate of drug-likeness (QED) is 0.807. The van der Waals surface area contributed by atoms with Crippen LogP contribution < -0.4 is 5.56 Å². The molecule has 0 N–H and O–H groups in total. The lowest BCUT2D eigenvalue weighted by atomic mass is 10.0. The van der Waals surface area contributed by atoms with Crippen molar-refractivity contribution in [1.29, 1.82) is 0 Å². The third-order valence-electron chi connectivity index (χ3n) is 3.25. The maximum atomic E-state index is 11.8. The average molecular weight is 286 g/mol. The van der Waals surface area contributed by atoms with Crippen molar-refractivity contribution in [2.24, 2.45) is 0 Å². The summed E-state index contributed by atoms with van der Waals surface area (Å²) < 4.78 is 5.97. The van der Waals surface area contributed by atoms with E-state index in [9.17, 15) is 9.59 Å². The smallest absolute Gasteiger partial charge is 0.327 e. The van der Waals surface area contributed by atoms with Crippen molar-refractivity contribution in [3.8, 4) is 11.3 Å².